The highest BCUT2D eigenvalue weighted by Crippen LogP contribution is 2.43. The van der Waals surface area contributed by atoms with Crippen LogP contribution in [0.15, 0.2) is 54.7 Å². The van der Waals surface area contributed by atoms with Crippen molar-refractivity contribution < 1.29 is 9.18 Å². The minimum Gasteiger partial charge on any atom is -0.361 e. The van der Waals surface area contributed by atoms with Crippen LogP contribution in [0, 0.1) is 5.82 Å². The van der Waals surface area contributed by atoms with Crippen LogP contribution in [0.2, 0.25) is 0 Å². The van der Waals surface area contributed by atoms with Gasteiger partial charge in [0.25, 0.3) is 5.91 Å². The highest BCUT2D eigenvalue weighted by Gasteiger charge is 2.43. The summed E-state index contributed by atoms with van der Waals surface area (Å²) in [7, 11) is 0. The van der Waals surface area contributed by atoms with Gasteiger partial charge in [-0.2, -0.15) is 0 Å². The van der Waals surface area contributed by atoms with Crippen LogP contribution in [0.4, 0.5) is 4.39 Å². The molecule has 3 nitrogen and oxygen atoms in total. The quantitative estimate of drug-likeness (QED) is 0.705. The minimum absolute atomic E-state index is 0.151. The lowest BCUT2D eigenvalue weighted by atomic mass is 9.84. The average molecular weight is 348 g/mol. The number of amides is 1. The predicted octanol–water partition coefficient (Wildman–Crippen LogP) is 4.86. The fourth-order valence-electron chi connectivity index (χ4n) is 4.85. The molecule has 3 aromatic rings. The van der Waals surface area contributed by atoms with Crippen LogP contribution in [0.25, 0.3) is 10.9 Å². The standard InChI is InChI=1S/C22H21FN2O/c23-18-4-1-14(2-5-18)17-12-19-6-7-20(13-17)25(19)22(26)16-3-8-21-15(11-16)9-10-24-21/h1-5,8-11,17,19-20,24H,6-7,12-13H2/t17?,19-,20+. The molecule has 2 aromatic carbocycles. The van der Waals surface area contributed by atoms with E-state index in [4.69, 9.17) is 0 Å². The molecule has 4 heteroatoms. The number of nitrogens with zero attached hydrogens (tertiary/aromatic N) is 1. The third-order valence-corrected chi connectivity index (χ3v) is 6.11. The van der Waals surface area contributed by atoms with Gasteiger partial charge in [0, 0.05) is 34.7 Å². The Morgan fingerprint density at radius 1 is 1.00 bits per heavy atom. The fraction of sp³-hybridized carbons (Fsp3) is 0.318. The molecule has 0 aliphatic carbocycles. The van der Waals surface area contributed by atoms with Gasteiger partial charge in [0.2, 0.25) is 0 Å². The highest BCUT2D eigenvalue weighted by atomic mass is 19.1. The normalized spacial score (nSPS) is 25.0. The molecule has 2 bridgehead atoms. The zero-order valence-corrected chi connectivity index (χ0v) is 14.5. The molecule has 26 heavy (non-hydrogen) atoms. The van der Waals surface area contributed by atoms with Crippen LogP contribution in [0.1, 0.15) is 47.5 Å². The second-order valence-electron chi connectivity index (χ2n) is 7.60. The first-order valence-electron chi connectivity index (χ1n) is 9.34. The fourth-order valence-corrected chi connectivity index (χ4v) is 4.85. The van der Waals surface area contributed by atoms with Crippen molar-refractivity contribution in [2.45, 2.75) is 43.7 Å². The molecule has 0 saturated carbocycles. The summed E-state index contributed by atoms with van der Waals surface area (Å²) in [6.07, 6.45) is 5.98. The molecule has 1 aromatic heterocycles. The lowest BCUT2D eigenvalue weighted by Crippen LogP contribution is -2.46. The topological polar surface area (TPSA) is 36.1 Å². The van der Waals surface area contributed by atoms with Gasteiger partial charge in [0.05, 0.1) is 0 Å². The van der Waals surface area contributed by atoms with Crippen molar-refractivity contribution in [3.05, 3.63) is 71.7 Å². The molecule has 1 unspecified atom stereocenters. The van der Waals surface area contributed by atoms with E-state index >= 15 is 0 Å². The van der Waals surface area contributed by atoms with Crippen molar-refractivity contribution in [2.75, 3.05) is 0 Å². The second kappa shape index (κ2) is 5.97. The number of hydrogen-bond donors (Lipinski definition) is 1. The molecule has 1 N–H and O–H groups in total. The van der Waals surface area contributed by atoms with Gasteiger partial charge < -0.3 is 9.88 Å². The molecule has 0 spiro atoms. The summed E-state index contributed by atoms with van der Waals surface area (Å²) in [5, 5.41) is 1.07. The van der Waals surface area contributed by atoms with Crippen LogP contribution in [-0.2, 0) is 0 Å². The van der Waals surface area contributed by atoms with Gasteiger partial charge in [-0.1, -0.05) is 12.1 Å². The van der Waals surface area contributed by atoms with E-state index in [0.29, 0.717) is 18.0 Å². The summed E-state index contributed by atoms with van der Waals surface area (Å²) < 4.78 is 13.2. The smallest absolute Gasteiger partial charge is 0.254 e. The van der Waals surface area contributed by atoms with Gasteiger partial charge in [-0.05, 0) is 73.6 Å². The third-order valence-electron chi connectivity index (χ3n) is 6.11. The zero-order chi connectivity index (χ0) is 17.7. The summed E-state index contributed by atoms with van der Waals surface area (Å²) in [6, 6.07) is 15.4. The number of aromatic amines is 1. The lowest BCUT2D eigenvalue weighted by molar-refractivity contribution is 0.0571. The van der Waals surface area contributed by atoms with Crippen LogP contribution >= 0.6 is 0 Å². The van der Waals surface area contributed by atoms with Gasteiger partial charge >= 0.3 is 0 Å². The largest absolute Gasteiger partial charge is 0.361 e. The Morgan fingerprint density at radius 2 is 1.73 bits per heavy atom. The molecule has 1 amide bonds. The van der Waals surface area contributed by atoms with Gasteiger partial charge in [-0.25, -0.2) is 4.39 Å². The number of rotatable bonds is 2. The number of nitrogens with one attached hydrogen (secondary N) is 1. The first-order chi connectivity index (χ1) is 12.7. The zero-order valence-electron chi connectivity index (χ0n) is 14.5. The number of piperidine rings is 1. The monoisotopic (exact) mass is 348 g/mol. The highest BCUT2D eigenvalue weighted by molar-refractivity contribution is 5.98. The maximum atomic E-state index is 13.2. The molecule has 2 fully saturated rings. The lowest BCUT2D eigenvalue weighted by Gasteiger charge is -2.39. The van der Waals surface area contributed by atoms with E-state index in [1.807, 2.05) is 42.6 Å². The number of fused-ring (bicyclic) bond motifs is 3. The Balaban J connectivity index is 1.39. The summed E-state index contributed by atoms with van der Waals surface area (Å²) in [6.45, 7) is 0. The second-order valence-corrected chi connectivity index (χ2v) is 7.60. The van der Waals surface area contributed by atoms with Gasteiger partial charge in [0.1, 0.15) is 5.82 Å². The van der Waals surface area contributed by atoms with E-state index in [1.165, 1.54) is 5.56 Å². The Kier molecular flexibility index (Phi) is 3.59. The predicted molar refractivity (Wildman–Crippen MR) is 99.7 cm³/mol. The Morgan fingerprint density at radius 3 is 2.46 bits per heavy atom. The van der Waals surface area contributed by atoms with Crippen LogP contribution < -0.4 is 0 Å². The molecule has 2 saturated heterocycles. The van der Waals surface area contributed by atoms with Crippen molar-refractivity contribution in [1.29, 1.82) is 0 Å². The molecular weight excluding hydrogens is 327 g/mol. The van der Waals surface area contributed by atoms with Crippen LogP contribution in [0.5, 0.6) is 0 Å². The van der Waals surface area contributed by atoms with Gasteiger partial charge in [-0.3, -0.25) is 4.79 Å². The number of hydrogen-bond acceptors (Lipinski definition) is 1. The van der Waals surface area contributed by atoms with E-state index in [1.54, 1.807) is 12.1 Å². The number of carbonyl (C=O) groups is 1. The first-order valence-corrected chi connectivity index (χ1v) is 9.34. The van der Waals surface area contributed by atoms with Crippen LogP contribution in [-0.4, -0.2) is 27.9 Å². The number of halogens is 1. The number of aromatic nitrogens is 1. The molecule has 0 radical (unpaired) electrons. The molecule has 132 valence electrons. The van der Waals surface area contributed by atoms with Crippen molar-refractivity contribution in [1.82, 2.24) is 9.88 Å². The van der Waals surface area contributed by atoms with Crippen molar-refractivity contribution >= 4 is 16.8 Å². The minimum atomic E-state index is -0.190. The summed E-state index contributed by atoms with van der Waals surface area (Å²) >= 11 is 0. The van der Waals surface area contributed by atoms with Gasteiger partial charge in [0.15, 0.2) is 0 Å². The summed E-state index contributed by atoms with van der Waals surface area (Å²) in [5.41, 5.74) is 3.03. The Bertz CT molecular complexity index is 948. The summed E-state index contributed by atoms with van der Waals surface area (Å²) in [5.74, 6) is 0.381. The van der Waals surface area contributed by atoms with Crippen molar-refractivity contribution in [3.63, 3.8) is 0 Å². The SMILES string of the molecule is O=C(c1ccc2[nH]ccc2c1)N1[C@@H]2CC[C@H]1CC(c1ccc(F)cc1)C2. The van der Waals surface area contributed by atoms with Crippen LogP contribution in [0.3, 0.4) is 0 Å². The van der Waals surface area contributed by atoms with Crippen molar-refractivity contribution in [3.8, 4) is 0 Å². The molecule has 3 atom stereocenters. The number of carbonyl (C=O) groups excluding carboxylic acids is 1. The van der Waals surface area contributed by atoms with E-state index < -0.39 is 0 Å². The first kappa shape index (κ1) is 15.6. The van der Waals surface area contributed by atoms with E-state index in [-0.39, 0.29) is 11.7 Å². The Hall–Kier alpha value is -2.62. The van der Waals surface area contributed by atoms with E-state index in [9.17, 15) is 9.18 Å². The van der Waals surface area contributed by atoms with E-state index in [0.717, 1.165) is 42.1 Å². The molecule has 2 aliphatic heterocycles. The Labute approximate surface area is 151 Å². The number of H-pyrrole nitrogens is 1. The molecule has 5 rings (SSSR count). The van der Waals surface area contributed by atoms with Crippen molar-refractivity contribution in [2.24, 2.45) is 0 Å². The van der Waals surface area contributed by atoms with E-state index in [2.05, 4.69) is 9.88 Å². The molecular formula is C22H21FN2O. The third kappa shape index (κ3) is 2.52. The maximum absolute atomic E-state index is 13.2. The number of benzene rings is 2. The molecule has 2 aliphatic rings. The van der Waals surface area contributed by atoms with Gasteiger partial charge in [-0.15, -0.1) is 0 Å². The summed E-state index contributed by atoms with van der Waals surface area (Å²) in [4.78, 5) is 18.5. The maximum Gasteiger partial charge on any atom is 0.254 e. The molecule has 3 heterocycles. The average Bonchev–Trinajstić information content (AvgIpc) is 3.23.